The highest BCUT2D eigenvalue weighted by Crippen LogP contribution is 2.24. The van der Waals surface area contributed by atoms with Crippen LogP contribution in [0.2, 0.25) is 5.02 Å². The molecule has 1 aromatic carbocycles. The first-order valence-corrected chi connectivity index (χ1v) is 10.0. The second-order valence-electron chi connectivity index (χ2n) is 6.02. The van der Waals surface area contributed by atoms with Crippen LogP contribution in [0, 0.1) is 12.7 Å². The minimum atomic E-state index is -4.11. The average molecular weight is 426 g/mol. The maximum absolute atomic E-state index is 13.3. The predicted octanol–water partition coefficient (Wildman–Crippen LogP) is 2.51. The first-order valence-electron chi connectivity index (χ1n) is 8.23. The number of allylic oxidation sites excluding steroid dienone is 1. The SMILES string of the molecule is CCn1cc(C2=NS(=O)(=O)N(C)C(C(=O)Nc3ccc(F)c(Cl)c3)=C2)c(C)n1. The fourth-order valence-corrected chi connectivity index (χ4v) is 3.68. The standard InChI is InChI=1S/C17H17ClFN5O3S/c1-4-24-9-12(10(2)21-24)15-8-16(23(3)28(26,27)22-15)17(25)20-11-5-6-14(19)13(18)7-11/h5-9H,4H2,1-3H3,(H,20,25). The maximum atomic E-state index is 13.3. The van der Waals surface area contributed by atoms with Gasteiger partial charge in [0.2, 0.25) is 0 Å². The average Bonchev–Trinajstić information content (AvgIpc) is 3.01. The van der Waals surface area contributed by atoms with Crippen molar-refractivity contribution in [2.75, 3.05) is 12.4 Å². The van der Waals surface area contributed by atoms with Gasteiger partial charge in [0.15, 0.2) is 0 Å². The topological polar surface area (TPSA) is 96.7 Å². The number of rotatable bonds is 4. The Balaban J connectivity index is 1.99. The molecule has 0 atom stereocenters. The molecule has 0 fully saturated rings. The van der Waals surface area contributed by atoms with Gasteiger partial charge < -0.3 is 5.32 Å². The summed E-state index contributed by atoms with van der Waals surface area (Å²) in [5, 5.41) is 6.62. The van der Waals surface area contributed by atoms with Crippen molar-refractivity contribution in [3.8, 4) is 0 Å². The van der Waals surface area contributed by atoms with E-state index in [1.807, 2.05) is 6.92 Å². The lowest BCUT2D eigenvalue weighted by Crippen LogP contribution is -2.35. The van der Waals surface area contributed by atoms with E-state index in [9.17, 15) is 17.6 Å². The molecular weight excluding hydrogens is 409 g/mol. The van der Waals surface area contributed by atoms with E-state index in [0.29, 0.717) is 17.8 Å². The molecule has 0 radical (unpaired) electrons. The molecule has 0 saturated heterocycles. The van der Waals surface area contributed by atoms with Crippen molar-refractivity contribution in [1.82, 2.24) is 14.1 Å². The lowest BCUT2D eigenvalue weighted by molar-refractivity contribution is -0.113. The van der Waals surface area contributed by atoms with Gasteiger partial charge in [-0.1, -0.05) is 11.6 Å². The van der Waals surface area contributed by atoms with Gasteiger partial charge in [-0.25, -0.2) is 8.70 Å². The van der Waals surface area contributed by atoms with Gasteiger partial charge in [-0.2, -0.15) is 13.5 Å². The molecule has 0 aliphatic carbocycles. The third kappa shape index (κ3) is 3.78. The number of nitrogens with zero attached hydrogens (tertiary/aromatic N) is 4. The Kier molecular flexibility index (Phi) is 5.26. The molecule has 3 rings (SSSR count). The lowest BCUT2D eigenvalue weighted by atomic mass is 10.1. The predicted molar refractivity (Wildman–Crippen MR) is 104 cm³/mol. The van der Waals surface area contributed by atoms with Crippen LogP contribution in [-0.2, 0) is 21.5 Å². The number of nitrogens with one attached hydrogen (secondary N) is 1. The Hall–Kier alpha value is -2.72. The van der Waals surface area contributed by atoms with Crippen LogP contribution >= 0.6 is 11.6 Å². The summed E-state index contributed by atoms with van der Waals surface area (Å²) in [6.45, 7) is 4.22. The molecular formula is C17H17ClFN5O3S. The minimum absolute atomic E-state index is 0.109. The van der Waals surface area contributed by atoms with Crippen LogP contribution in [0.15, 0.2) is 40.6 Å². The number of benzene rings is 1. The maximum Gasteiger partial charge on any atom is 0.345 e. The highest BCUT2D eigenvalue weighted by atomic mass is 35.5. The van der Waals surface area contributed by atoms with Crippen molar-refractivity contribution in [2.24, 2.45) is 4.40 Å². The van der Waals surface area contributed by atoms with Gasteiger partial charge in [0, 0.05) is 31.0 Å². The monoisotopic (exact) mass is 425 g/mol. The Bertz CT molecular complexity index is 1120. The number of halogens is 2. The second-order valence-corrected chi connectivity index (χ2v) is 8.05. The van der Waals surface area contributed by atoms with E-state index >= 15 is 0 Å². The van der Waals surface area contributed by atoms with Gasteiger partial charge in [0.1, 0.15) is 11.5 Å². The van der Waals surface area contributed by atoms with E-state index in [1.165, 1.54) is 25.3 Å². The number of carbonyl (C=O) groups is 1. The molecule has 1 aliphatic rings. The number of carbonyl (C=O) groups excluding carboxylic acids is 1. The van der Waals surface area contributed by atoms with Gasteiger partial charge in [0.25, 0.3) is 5.91 Å². The second kappa shape index (κ2) is 7.36. The number of aryl methyl sites for hydroxylation is 2. The summed E-state index contributed by atoms with van der Waals surface area (Å²) < 4.78 is 44.4. The fourth-order valence-electron chi connectivity index (χ4n) is 2.59. The first-order chi connectivity index (χ1) is 13.1. The third-order valence-corrected chi connectivity index (χ3v) is 5.73. The van der Waals surface area contributed by atoms with Crippen molar-refractivity contribution in [3.05, 3.63) is 58.3 Å². The van der Waals surface area contributed by atoms with E-state index in [2.05, 4.69) is 14.8 Å². The van der Waals surface area contributed by atoms with Gasteiger partial charge in [-0.15, -0.1) is 4.40 Å². The van der Waals surface area contributed by atoms with Crippen molar-refractivity contribution in [1.29, 1.82) is 0 Å². The van der Waals surface area contributed by atoms with Gasteiger partial charge in [0.05, 0.1) is 16.4 Å². The Morgan fingerprint density at radius 1 is 1.36 bits per heavy atom. The molecule has 1 N–H and O–H groups in total. The summed E-state index contributed by atoms with van der Waals surface area (Å²) in [4.78, 5) is 12.7. The molecule has 1 aromatic heterocycles. The van der Waals surface area contributed by atoms with Crippen molar-refractivity contribution >= 4 is 39.1 Å². The normalized spacial score (nSPS) is 15.8. The molecule has 11 heteroatoms. The van der Waals surface area contributed by atoms with E-state index in [0.717, 1.165) is 10.4 Å². The van der Waals surface area contributed by atoms with Crippen LogP contribution in [0.25, 0.3) is 0 Å². The van der Waals surface area contributed by atoms with Crippen LogP contribution in [0.5, 0.6) is 0 Å². The van der Waals surface area contributed by atoms with Crippen molar-refractivity contribution < 1.29 is 17.6 Å². The first kappa shape index (κ1) is 20.0. The Labute approximate surface area is 166 Å². The summed E-state index contributed by atoms with van der Waals surface area (Å²) in [6.07, 6.45) is 3.03. The highest BCUT2D eigenvalue weighted by Gasteiger charge is 2.31. The van der Waals surface area contributed by atoms with Crippen molar-refractivity contribution in [2.45, 2.75) is 20.4 Å². The number of hydrogen-bond acceptors (Lipinski definition) is 4. The van der Waals surface area contributed by atoms with E-state index < -0.39 is 21.9 Å². The number of aromatic nitrogens is 2. The molecule has 1 amide bonds. The van der Waals surface area contributed by atoms with Crippen LogP contribution < -0.4 is 5.32 Å². The lowest BCUT2D eigenvalue weighted by Gasteiger charge is -2.23. The van der Waals surface area contributed by atoms with E-state index in [1.54, 1.807) is 17.8 Å². The highest BCUT2D eigenvalue weighted by molar-refractivity contribution is 7.88. The molecule has 28 heavy (non-hydrogen) atoms. The minimum Gasteiger partial charge on any atom is -0.321 e. The zero-order valence-corrected chi connectivity index (χ0v) is 16.8. The van der Waals surface area contributed by atoms with Crippen LogP contribution in [0.3, 0.4) is 0 Å². The molecule has 0 unspecified atom stereocenters. The molecule has 148 valence electrons. The largest absolute Gasteiger partial charge is 0.345 e. The van der Waals surface area contributed by atoms with Crippen LogP contribution in [0.4, 0.5) is 10.1 Å². The molecule has 0 saturated carbocycles. The van der Waals surface area contributed by atoms with Crippen molar-refractivity contribution in [3.63, 3.8) is 0 Å². The molecule has 0 bridgehead atoms. The summed E-state index contributed by atoms with van der Waals surface area (Å²) in [6, 6.07) is 3.65. The molecule has 2 heterocycles. The van der Waals surface area contributed by atoms with Gasteiger partial charge in [-0.3, -0.25) is 9.48 Å². The van der Waals surface area contributed by atoms with Gasteiger partial charge >= 0.3 is 10.2 Å². The quantitative estimate of drug-likeness (QED) is 0.813. The number of hydrogen-bond donors (Lipinski definition) is 1. The molecule has 0 spiro atoms. The summed E-state index contributed by atoms with van der Waals surface area (Å²) in [5.74, 6) is -1.34. The van der Waals surface area contributed by atoms with E-state index in [4.69, 9.17) is 11.6 Å². The summed E-state index contributed by atoms with van der Waals surface area (Å²) in [7, 11) is -2.88. The Morgan fingerprint density at radius 3 is 2.68 bits per heavy atom. The molecule has 2 aromatic rings. The third-order valence-electron chi connectivity index (χ3n) is 4.13. The van der Waals surface area contributed by atoms with E-state index in [-0.39, 0.29) is 22.1 Å². The number of amides is 1. The smallest absolute Gasteiger partial charge is 0.321 e. The number of anilines is 1. The summed E-state index contributed by atoms with van der Waals surface area (Å²) in [5.41, 5.74) is 1.28. The molecule has 8 nitrogen and oxygen atoms in total. The molecule has 1 aliphatic heterocycles. The zero-order valence-electron chi connectivity index (χ0n) is 15.3. The van der Waals surface area contributed by atoms with Crippen LogP contribution in [-0.4, -0.2) is 41.2 Å². The number of likely N-dealkylation sites (N-methyl/N-ethyl adjacent to an activating group) is 1. The fraction of sp³-hybridized carbons (Fsp3) is 0.235. The van der Waals surface area contributed by atoms with Crippen LogP contribution in [0.1, 0.15) is 18.2 Å². The van der Waals surface area contributed by atoms with Gasteiger partial charge in [-0.05, 0) is 38.1 Å². The Morgan fingerprint density at radius 2 is 2.07 bits per heavy atom. The zero-order chi connectivity index (χ0) is 20.6. The summed E-state index contributed by atoms with van der Waals surface area (Å²) >= 11 is 5.72.